The van der Waals surface area contributed by atoms with Gasteiger partial charge in [-0.1, -0.05) is 19.8 Å². The minimum atomic E-state index is -0.311. The average Bonchev–Trinajstić information content (AvgIpc) is 3.08. The molecule has 5 nitrogen and oxygen atoms in total. The largest absolute Gasteiger partial charge is 0.395 e. The molecular weight excluding hydrogens is 309 g/mol. The number of hydrogen-bond acceptors (Lipinski definition) is 3. The van der Waals surface area contributed by atoms with E-state index >= 15 is 0 Å². The Labute approximate surface area is 143 Å². The zero-order valence-corrected chi connectivity index (χ0v) is 14.4. The first-order valence-corrected chi connectivity index (χ1v) is 8.87. The molecule has 134 valence electrons. The predicted molar refractivity (Wildman–Crippen MR) is 95.0 cm³/mol. The molecular formula is C18H28FN3O2. The van der Waals surface area contributed by atoms with E-state index in [1.807, 2.05) is 4.90 Å². The lowest BCUT2D eigenvalue weighted by molar-refractivity contribution is 0.187. The third-order valence-electron chi connectivity index (χ3n) is 4.33. The molecule has 0 spiro atoms. The molecule has 2 rings (SSSR count). The van der Waals surface area contributed by atoms with E-state index in [0.717, 1.165) is 45.2 Å². The summed E-state index contributed by atoms with van der Waals surface area (Å²) in [5.41, 5.74) is 1.04. The second-order valence-corrected chi connectivity index (χ2v) is 6.21. The number of rotatable bonds is 8. The Hall–Kier alpha value is -1.82. The number of halogens is 1. The Morgan fingerprint density at radius 1 is 1.29 bits per heavy atom. The summed E-state index contributed by atoms with van der Waals surface area (Å²) in [7, 11) is 0. The van der Waals surface area contributed by atoms with E-state index in [1.165, 1.54) is 6.07 Å². The van der Waals surface area contributed by atoms with Gasteiger partial charge < -0.3 is 20.2 Å². The first-order valence-electron chi connectivity index (χ1n) is 8.87. The Kier molecular flexibility index (Phi) is 7.31. The van der Waals surface area contributed by atoms with Crippen LogP contribution < -0.4 is 10.2 Å². The van der Waals surface area contributed by atoms with Gasteiger partial charge in [0.25, 0.3) is 0 Å². The predicted octanol–water partition coefficient (Wildman–Crippen LogP) is 3.44. The fourth-order valence-electron chi connectivity index (χ4n) is 2.99. The summed E-state index contributed by atoms with van der Waals surface area (Å²) in [6, 6.07) is 4.53. The number of carbonyl (C=O) groups excluding carboxylic acids is 1. The molecule has 6 heteroatoms. The zero-order valence-electron chi connectivity index (χ0n) is 14.4. The molecule has 0 unspecified atom stereocenters. The number of amides is 2. The van der Waals surface area contributed by atoms with Crippen molar-refractivity contribution in [1.82, 2.24) is 4.90 Å². The molecule has 0 aromatic heterocycles. The summed E-state index contributed by atoms with van der Waals surface area (Å²) in [4.78, 5) is 15.9. The summed E-state index contributed by atoms with van der Waals surface area (Å²) in [5, 5.41) is 11.9. The van der Waals surface area contributed by atoms with Crippen molar-refractivity contribution in [1.29, 1.82) is 0 Å². The van der Waals surface area contributed by atoms with Gasteiger partial charge in [0.1, 0.15) is 5.82 Å². The van der Waals surface area contributed by atoms with Crippen LogP contribution in [0.25, 0.3) is 0 Å². The van der Waals surface area contributed by atoms with E-state index < -0.39 is 0 Å². The third-order valence-corrected chi connectivity index (χ3v) is 4.33. The fraction of sp³-hybridized carbons (Fsp3) is 0.611. The number of carbonyl (C=O) groups is 1. The van der Waals surface area contributed by atoms with Crippen LogP contribution in [0.4, 0.5) is 20.6 Å². The average molecular weight is 337 g/mol. The molecule has 2 amide bonds. The summed E-state index contributed by atoms with van der Waals surface area (Å²) in [5.74, 6) is -0.311. The molecule has 24 heavy (non-hydrogen) atoms. The molecule has 1 aliphatic rings. The Bertz CT molecular complexity index is 533. The molecule has 0 aliphatic carbocycles. The molecule has 0 bridgehead atoms. The molecule has 1 aromatic rings. The maximum absolute atomic E-state index is 14.3. The lowest BCUT2D eigenvalue weighted by atomic mass is 10.2. The molecule has 1 aromatic carbocycles. The smallest absolute Gasteiger partial charge is 0.321 e. The van der Waals surface area contributed by atoms with Gasteiger partial charge in [0.05, 0.1) is 12.3 Å². The summed E-state index contributed by atoms with van der Waals surface area (Å²) < 4.78 is 14.3. The minimum Gasteiger partial charge on any atom is -0.395 e. The van der Waals surface area contributed by atoms with Crippen LogP contribution in [0.1, 0.15) is 39.0 Å². The summed E-state index contributed by atoms with van der Waals surface area (Å²) in [6.07, 6.45) is 5.18. The minimum absolute atomic E-state index is 0.0815. The molecule has 1 fully saturated rings. The van der Waals surface area contributed by atoms with Crippen molar-refractivity contribution in [3.05, 3.63) is 24.0 Å². The molecule has 1 aliphatic heterocycles. The SMILES string of the molecule is CCCCCN(CCO)C(=O)Nc1ccc(N2CCCC2)c(F)c1. The van der Waals surface area contributed by atoms with Gasteiger partial charge in [0.2, 0.25) is 0 Å². The highest BCUT2D eigenvalue weighted by Crippen LogP contribution is 2.26. The van der Waals surface area contributed by atoms with Gasteiger partial charge in [0, 0.05) is 31.9 Å². The Balaban J connectivity index is 1.97. The Morgan fingerprint density at radius 3 is 2.67 bits per heavy atom. The van der Waals surface area contributed by atoms with E-state index in [9.17, 15) is 9.18 Å². The van der Waals surface area contributed by atoms with Crippen molar-refractivity contribution >= 4 is 17.4 Å². The van der Waals surface area contributed by atoms with Gasteiger partial charge in [0.15, 0.2) is 0 Å². The molecule has 0 saturated carbocycles. The first kappa shape index (κ1) is 18.5. The normalized spacial score (nSPS) is 14.0. The summed E-state index contributed by atoms with van der Waals surface area (Å²) >= 11 is 0. The maximum Gasteiger partial charge on any atom is 0.321 e. The van der Waals surface area contributed by atoms with Crippen molar-refractivity contribution in [3.63, 3.8) is 0 Å². The first-order chi connectivity index (χ1) is 11.7. The standard InChI is InChI=1S/C18H28FN3O2/c1-2-3-4-11-22(12-13-23)18(24)20-15-7-8-17(16(19)14-15)21-9-5-6-10-21/h7-8,14,23H,2-6,9-13H2,1H3,(H,20,24). The number of urea groups is 1. The van der Waals surface area contributed by atoms with E-state index in [4.69, 9.17) is 5.11 Å². The van der Waals surface area contributed by atoms with Crippen LogP contribution in [-0.4, -0.2) is 48.8 Å². The molecule has 1 heterocycles. The quantitative estimate of drug-likeness (QED) is 0.715. The number of benzene rings is 1. The number of anilines is 2. The maximum atomic E-state index is 14.3. The lowest BCUT2D eigenvalue weighted by Gasteiger charge is -2.23. The Morgan fingerprint density at radius 2 is 2.04 bits per heavy atom. The van der Waals surface area contributed by atoms with Crippen LogP contribution in [0.3, 0.4) is 0 Å². The van der Waals surface area contributed by atoms with Crippen LogP contribution >= 0.6 is 0 Å². The van der Waals surface area contributed by atoms with Crippen molar-refractivity contribution < 1.29 is 14.3 Å². The van der Waals surface area contributed by atoms with Crippen LogP contribution in [0.5, 0.6) is 0 Å². The highest BCUT2D eigenvalue weighted by molar-refractivity contribution is 5.89. The van der Waals surface area contributed by atoms with Crippen molar-refractivity contribution in [2.75, 3.05) is 43.0 Å². The zero-order chi connectivity index (χ0) is 17.4. The molecule has 2 N–H and O–H groups in total. The summed E-state index contributed by atoms with van der Waals surface area (Å²) in [6.45, 7) is 4.65. The van der Waals surface area contributed by atoms with E-state index in [0.29, 0.717) is 17.9 Å². The number of aliphatic hydroxyl groups excluding tert-OH is 1. The van der Waals surface area contributed by atoms with E-state index in [-0.39, 0.29) is 25.0 Å². The third kappa shape index (κ3) is 5.09. The monoisotopic (exact) mass is 337 g/mol. The van der Waals surface area contributed by atoms with Gasteiger partial charge in [-0.25, -0.2) is 9.18 Å². The van der Waals surface area contributed by atoms with Crippen molar-refractivity contribution in [3.8, 4) is 0 Å². The van der Waals surface area contributed by atoms with Crippen LogP contribution in [0.2, 0.25) is 0 Å². The second kappa shape index (κ2) is 9.47. The van der Waals surface area contributed by atoms with Gasteiger partial charge in [-0.15, -0.1) is 0 Å². The topological polar surface area (TPSA) is 55.8 Å². The number of aliphatic hydroxyl groups is 1. The molecule has 0 radical (unpaired) electrons. The van der Waals surface area contributed by atoms with Crippen molar-refractivity contribution in [2.45, 2.75) is 39.0 Å². The highest BCUT2D eigenvalue weighted by atomic mass is 19.1. The second-order valence-electron chi connectivity index (χ2n) is 6.21. The number of nitrogens with one attached hydrogen (secondary N) is 1. The highest BCUT2D eigenvalue weighted by Gasteiger charge is 2.17. The van der Waals surface area contributed by atoms with Crippen LogP contribution in [0, 0.1) is 5.82 Å². The number of hydrogen-bond donors (Lipinski definition) is 2. The lowest BCUT2D eigenvalue weighted by Crippen LogP contribution is -2.37. The molecule has 0 atom stereocenters. The van der Waals surface area contributed by atoms with E-state index in [1.54, 1.807) is 17.0 Å². The number of nitrogens with zero attached hydrogens (tertiary/aromatic N) is 2. The van der Waals surface area contributed by atoms with Crippen LogP contribution in [-0.2, 0) is 0 Å². The van der Waals surface area contributed by atoms with Gasteiger partial charge in [-0.05, 0) is 37.5 Å². The van der Waals surface area contributed by atoms with Crippen molar-refractivity contribution in [2.24, 2.45) is 0 Å². The van der Waals surface area contributed by atoms with Gasteiger partial charge in [-0.3, -0.25) is 0 Å². The molecule has 1 saturated heterocycles. The number of unbranched alkanes of at least 4 members (excludes halogenated alkanes) is 2. The van der Waals surface area contributed by atoms with Gasteiger partial charge >= 0.3 is 6.03 Å². The van der Waals surface area contributed by atoms with Gasteiger partial charge in [-0.2, -0.15) is 0 Å². The van der Waals surface area contributed by atoms with Crippen LogP contribution in [0.15, 0.2) is 18.2 Å². The van der Waals surface area contributed by atoms with E-state index in [2.05, 4.69) is 12.2 Å². The fourth-order valence-corrected chi connectivity index (χ4v) is 2.99.